The van der Waals surface area contributed by atoms with Gasteiger partial charge < -0.3 is 11.1 Å². The third-order valence-electron chi connectivity index (χ3n) is 3.91. The molecular weight excluding hydrogens is 340 g/mol. The molecule has 112 valence electrons. The van der Waals surface area contributed by atoms with Crippen molar-refractivity contribution in [2.24, 2.45) is 11.7 Å². The minimum Gasteiger partial charge on any atom is -0.350 e. The molecule has 5 heteroatoms. The van der Waals surface area contributed by atoms with Crippen LogP contribution in [0.15, 0.2) is 28.7 Å². The average Bonchev–Trinajstić information content (AvgIpc) is 2.75. The number of carbonyl (C=O) groups is 1. The van der Waals surface area contributed by atoms with E-state index in [1.165, 1.54) is 0 Å². The van der Waals surface area contributed by atoms with Crippen LogP contribution in [0.1, 0.15) is 44.2 Å². The molecule has 0 spiro atoms. The van der Waals surface area contributed by atoms with Gasteiger partial charge in [0.1, 0.15) is 0 Å². The standard InChI is InChI=1S/C15H21BrN2O.ClH/c1-10(11-5-7-13(16)8-6-11)18-15(19)9-12-3-2-4-14(12)17;/h5-8,10,12,14H,2-4,9,17H2,1H3,(H,18,19);1H/t10?,12-,14+;/m0./s1. The molecular formula is C15H22BrClN2O. The van der Waals surface area contributed by atoms with Crippen LogP contribution in [0.5, 0.6) is 0 Å². The van der Waals surface area contributed by atoms with Gasteiger partial charge in [-0.05, 0) is 43.4 Å². The molecule has 1 saturated carbocycles. The number of rotatable bonds is 4. The summed E-state index contributed by atoms with van der Waals surface area (Å²) >= 11 is 3.41. The van der Waals surface area contributed by atoms with Crippen LogP contribution in [0, 0.1) is 5.92 Å². The van der Waals surface area contributed by atoms with Crippen LogP contribution in [-0.4, -0.2) is 11.9 Å². The van der Waals surface area contributed by atoms with Crippen molar-refractivity contribution in [3.8, 4) is 0 Å². The highest BCUT2D eigenvalue weighted by molar-refractivity contribution is 9.10. The predicted octanol–water partition coefficient (Wildman–Crippen LogP) is 3.57. The average molecular weight is 362 g/mol. The van der Waals surface area contributed by atoms with E-state index in [-0.39, 0.29) is 30.4 Å². The normalized spacial score (nSPS) is 22.9. The minimum absolute atomic E-state index is 0. The van der Waals surface area contributed by atoms with Crippen molar-refractivity contribution in [2.75, 3.05) is 0 Å². The third kappa shape index (κ3) is 4.76. The summed E-state index contributed by atoms with van der Waals surface area (Å²) in [6, 6.07) is 8.27. The van der Waals surface area contributed by atoms with Crippen LogP contribution in [0.4, 0.5) is 0 Å². The molecule has 3 nitrogen and oxygen atoms in total. The second kappa shape index (κ2) is 8.01. The van der Waals surface area contributed by atoms with Crippen LogP contribution in [0.2, 0.25) is 0 Å². The van der Waals surface area contributed by atoms with Crippen LogP contribution in [0.25, 0.3) is 0 Å². The molecule has 3 atom stereocenters. The summed E-state index contributed by atoms with van der Waals surface area (Å²) in [4.78, 5) is 12.0. The molecule has 20 heavy (non-hydrogen) atoms. The topological polar surface area (TPSA) is 55.1 Å². The van der Waals surface area contributed by atoms with E-state index in [0.717, 1.165) is 29.3 Å². The largest absolute Gasteiger partial charge is 0.350 e. The van der Waals surface area contributed by atoms with Crippen molar-refractivity contribution in [3.63, 3.8) is 0 Å². The predicted molar refractivity (Wildman–Crippen MR) is 87.9 cm³/mol. The van der Waals surface area contributed by atoms with E-state index in [1.54, 1.807) is 0 Å². The molecule has 0 bridgehead atoms. The Morgan fingerprint density at radius 3 is 2.60 bits per heavy atom. The van der Waals surface area contributed by atoms with Gasteiger partial charge in [-0.25, -0.2) is 0 Å². The van der Waals surface area contributed by atoms with Crippen molar-refractivity contribution in [1.82, 2.24) is 5.32 Å². The summed E-state index contributed by atoms with van der Waals surface area (Å²) in [7, 11) is 0. The molecule has 3 N–H and O–H groups in total. The van der Waals surface area contributed by atoms with Crippen LogP contribution >= 0.6 is 28.3 Å². The fourth-order valence-corrected chi connectivity index (χ4v) is 2.96. The van der Waals surface area contributed by atoms with Crippen LogP contribution in [0.3, 0.4) is 0 Å². The second-order valence-electron chi connectivity index (χ2n) is 5.40. The molecule has 0 radical (unpaired) electrons. The van der Waals surface area contributed by atoms with E-state index >= 15 is 0 Å². The molecule has 1 aliphatic rings. The fraction of sp³-hybridized carbons (Fsp3) is 0.533. The Kier molecular flexibility index (Phi) is 7.00. The zero-order valence-corrected chi connectivity index (χ0v) is 14.0. The van der Waals surface area contributed by atoms with E-state index < -0.39 is 0 Å². The van der Waals surface area contributed by atoms with Gasteiger partial charge in [-0.15, -0.1) is 12.4 Å². The van der Waals surface area contributed by atoms with E-state index in [4.69, 9.17) is 5.73 Å². The Labute approximate surface area is 135 Å². The highest BCUT2D eigenvalue weighted by Crippen LogP contribution is 2.27. The molecule has 1 aliphatic carbocycles. The Bertz CT molecular complexity index is 438. The highest BCUT2D eigenvalue weighted by atomic mass is 79.9. The zero-order valence-electron chi connectivity index (χ0n) is 11.6. The molecule has 0 aliphatic heterocycles. The van der Waals surface area contributed by atoms with E-state index in [9.17, 15) is 4.79 Å². The lowest BCUT2D eigenvalue weighted by atomic mass is 9.99. The number of amides is 1. The molecule has 1 aromatic carbocycles. The first-order valence-electron chi connectivity index (χ1n) is 6.86. The monoisotopic (exact) mass is 360 g/mol. The van der Waals surface area contributed by atoms with Gasteiger partial charge in [0.2, 0.25) is 5.91 Å². The molecule has 0 aromatic heterocycles. The smallest absolute Gasteiger partial charge is 0.220 e. The summed E-state index contributed by atoms with van der Waals surface area (Å²) < 4.78 is 1.05. The molecule has 1 unspecified atom stereocenters. The number of carbonyl (C=O) groups excluding carboxylic acids is 1. The highest BCUT2D eigenvalue weighted by Gasteiger charge is 2.26. The lowest BCUT2D eigenvalue weighted by Crippen LogP contribution is -2.32. The zero-order chi connectivity index (χ0) is 13.8. The minimum atomic E-state index is 0. The van der Waals surface area contributed by atoms with Crippen LogP contribution < -0.4 is 11.1 Å². The molecule has 2 rings (SSSR count). The van der Waals surface area contributed by atoms with Crippen molar-refractivity contribution < 1.29 is 4.79 Å². The lowest BCUT2D eigenvalue weighted by Gasteiger charge is -2.18. The van der Waals surface area contributed by atoms with E-state index in [0.29, 0.717) is 12.3 Å². The fourth-order valence-electron chi connectivity index (χ4n) is 2.69. The number of benzene rings is 1. The lowest BCUT2D eigenvalue weighted by molar-refractivity contribution is -0.122. The van der Waals surface area contributed by atoms with Gasteiger partial charge in [-0.1, -0.05) is 34.5 Å². The number of hydrogen-bond acceptors (Lipinski definition) is 2. The van der Waals surface area contributed by atoms with Gasteiger partial charge in [0.25, 0.3) is 0 Å². The van der Waals surface area contributed by atoms with Gasteiger partial charge in [0.05, 0.1) is 6.04 Å². The Morgan fingerprint density at radius 1 is 1.40 bits per heavy atom. The molecule has 1 fully saturated rings. The molecule has 0 saturated heterocycles. The first-order valence-corrected chi connectivity index (χ1v) is 7.66. The Morgan fingerprint density at radius 2 is 2.05 bits per heavy atom. The van der Waals surface area contributed by atoms with E-state index in [2.05, 4.69) is 21.2 Å². The first kappa shape index (κ1) is 17.5. The van der Waals surface area contributed by atoms with E-state index in [1.807, 2.05) is 31.2 Å². The third-order valence-corrected chi connectivity index (χ3v) is 4.44. The van der Waals surface area contributed by atoms with Gasteiger partial charge in [0, 0.05) is 16.9 Å². The van der Waals surface area contributed by atoms with Gasteiger partial charge in [0.15, 0.2) is 0 Å². The van der Waals surface area contributed by atoms with Gasteiger partial charge in [-0.3, -0.25) is 4.79 Å². The number of nitrogens with two attached hydrogens (primary N) is 1. The van der Waals surface area contributed by atoms with Crippen molar-refractivity contribution in [2.45, 2.75) is 44.7 Å². The number of halogens is 2. The van der Waals surface area contributed by atoms with Crippen molar-refractivity contribution in [3.05, 3.63) is 34.3 Å². The maximum atomic E-state index is 12.0. The Hall–Kier alpha value is -0.580. The van der Waals surface area contributed by atoms with Crippen molar-refractivity contribution >= 4 is 34.2 Å². The maximum Gasteiger partial charge on any atom is 0.220 e. The van der Waals surface area contributed by atoms with Crippen molar-refractivity contribution in [1.29, 1.82) is 0 Å². The van der Waals surface area contributed by atoms with Gasteiger partial charge in [-0.2, -0.15) is 0 Å². The summed E-state index contributed by atoms with van der Waals surface area (Å²) in [6.45, 7) is 2.01. The quantitative estimate of drug-likeness (QED) is 0.861. The maximum absolute atomic E-state index is 12.0. The first-order chi connectivity index (χ1) is 9.06. The SMILES string of the molecule is CC(NC(=O)C[C@@H]1CCC[C@H]1N)c1ccc(Br)cc1.Cl. The molecule has 0 heterocycles. The molecule has 1 amide bonds. The summed E-state index contributed by atoms with van der Waals surface area (Å²) in [5.74, 6) is 0.467. The van der Waals surface area contributed by atoms with Gasteiger partial charge >= 0.3 is 0 Å². The molecule has 1 aromatic rings. The number of nitrogens with one attached hydrogen (secondary N) is 1. The summed E-state index contributed by atoms with van der Waals surface area (Å²) in [5.41, 5.74) is 7.12. The Balaban J connectivity index is 0.00000200. The summed E-state index contributed by atoms with van der Waals surface area (Å²) in [5, 5.41) is 3.05. The van der Waals surface area contributed by atoms with Crippen LogP contribution in [-0.2, 0) is 4.79 Å². The summed E-state index contributed by atoms with van der Waals surface area (Å²) in [6.07, 6.45) is 3.85. The number of hydrogen-bond donors (Lipinski definition) is 2. The second-order valence-corrected chi connectivity index (χ2v) is 6.32.